The van der Waals surface area contributed by atoms with Gasteiger partial charge in [0.05, 0.1) is 10.8 Å². The van der Waals surface area contributed by atoms with Crippen LogP contribution in [0.5, 0.6) is 0 Å². The minimum absolute atomic E-state index is 0.464. The van der Waals surface area contributed by atoms with E-state index in [1.54, 1.807) is 0 Å². The fourth-order valence-electron chi connectivity index (χ4n) is 1.55. The molecule has 1 aromatic rings. The minimum atomic E-state index is 0.464. The first-order valence-electron chi connectivity index (χ1n) is 5.28. The molecule has 80 valence electrons. The number of hydrogen-bond acceptors (Lipinski definition) is 2. The molecule has 0 aromatic heterocycles. The Bertz CT molecular complexity index is 388. The van der Waals surface area contributed by atoms with Gasteiger partial charge in [-0.25, -0.2) is 0 Å². The fourth-order valence-corrected chi connectivity index (χ4v) is 1.64. The maximum Gasteiger partial charge on any atom is 0.0774 e. The van der Waals surface area contributed by atoms with Crippen molar-refractivity contribution in [2.45, 2.75) is 39.5 Å². The topological polar surface area (TPSA) is 12.4 Å². The molecular weight excluding hydrogens is 202 g/mol. The van der Waals surface area contributed by atoms with Crippen molar-refractivity contribution in [2.24, 2.45) is 4.99 Å². The lowest BCUT2D eigenvalue weighted by molar-refractivity contribution is 0.834. The Hall–Kier alpha value is -0.980. The second kappa shape index (κ2) is 5.20. The highest BCUT2D eigenvalue weighted by Gasteiger charge is 2.08. The molecule has 0 aliphatic heterocycles. The van der Waals surface area contributed by atoms with Crippen molar-refractivity contribution in [3.8, 4) is 0 Å². The molecule has 0 heterocycles. The monoisotopic (exact) mass is 219 g/mol. The molecule has 0 saturated heterocycles. The summed E-state index contributed by atoms with van der Waals surface area (Å²) in [5.74, 6) is 1.01. The first kappa shape index (κ1) is 12.1. The van der Waals surface area contributed by atoms with Crippen LogP contribution in [0.3, 0.4) is 0 Å². The SMILES string of the molecule is CC(C)c1ccc(N=C=S)c(C(C)C)c1. The van der Waals surface area contributed by atoms with E-state index in [4.69, 9.17) is 0 Å². The van der Waals surface area contributed by atoms with E-state index >= 15 is 0 Å². The van der Waals surface area contributed by atoms with E-state index in [-0.39, 0.29) is 0 Å². The molecule has 0 atom stereocenters. The van der Waals surface area contributed by atoms with Crippen LogP contribution in [-0.2, 0) is 0 Å². The van der Waals surface area contributed by atoms with Crippen LogP contribution >= 0.6 is 12.2 Å². The molecule has 1 rings (SSSR count). The van der Waals surface area contributed by atoms with Crippen LogP contribution in [0.15, 0.2) is 23.2 Å². The molecule has 0 fully saturated rings. The number of hydrogen-bond donors (Lipinski definition) is 0. The van der Waals surface area contributed by atoms with Crippen LogP contribution in [0, 0.1) is 0 Å². The first-order chi connectivity index (χ1) is 7.06. The van der Waals surface area contributed by atoms with E-state index < -0.39 is 0 Å². The highest BCUT2D eigenvalue weighted by atomic mass is 32.1. The summed E-state index contributed by atoms with van der Waals surface area (Å²) in [5.41, 5.74) is 3.55. The van der Waals surface area contributed by atoms with E-state index in [1.165, 1.54) is 11.1 Å². The van der Waals surface area contributed by atoms with Gasteiger partial charge in [0.2, 0.25) is 0 Å². The number of isothiocyanates is 1. The molecule has 0 bridgehead atoms. The van der Waals surface area contributed by atoms with Gasteiger partial charge in [0, 0.05) is 0 Å². The molecule has 0 saturated carbocycles. The van der Waals surface area contributed by atoms with Crippen molar-refractivity contribution >= 4 is 23.1 Å². The molecule has 0 aliphatic carbocycles. The Labute approximate surface area is 97.2 Å². The summed E-state index contributed by atoms with van der Waals surface area (Å²) in [6, 6.07) is 6.37. The Morgan fingerprint density at radius 3 is 2.27 bits per heavy atom. The average Bonchev–Trinajstić information content (AvgIpc) is 2.18. The zero-order valence-corrected chi connectivity index (χ0v) is 10.6. The summed E-state index contributed by atoms with van der Waals surface area (Å²) in [4.78, 5) is 4.09. The third-order valence-electron chi connectivity index (χ3n) is 2.51. The van der Waals surface area contributed by atoms with Crippen LogP contribution in [0.4, 0.5) is 5.69 Å². The molecular formula is C13H17NS. The van der Waals surface area contributed by atoms with Gasteiger partial charge < -0.3 is 0 Å². The minimum Gasteiger partial charge on any atom is -0.194 e. The predicted molar refractivity (Wildman–Crippen MR) is 69.3 cm³/mol. The zero-order chi connectivity index (χ0) is 11.4. The molecule has 0 unspecified atom stereocenters. The third kappa shape index (κ3) is 2.98. The quantitative estimate of drug-likeness (QED) is 0.531. The molecule has 0 radical (unpaired) electrons. The number of benzene rings is 1. The molecule has 0 spiro atoms. The van der Waals surface area contributed by atoms with E-state index in [9.17, 15) is 0 Å². The van der Waals surface area contributed by atoms with Gasteiger partial charge in [-0.05, 0) is 41.2 Å². The number of rotatable bonds is 3. The Balaban J connectivity index is 3.26. The zero-order valence-electron chi connectivity index (χ0n) is 9.74. The van der Waals surface area contributed by atoms with Crippen molar-refractivity contribution in [3.05, 3.63) is 29.3 Å². The Morgan fingerprint density at radius 1 is 1.13 bits per heavy atom. The number of thiocarbonyl (C=S) groups is 1. The normalized spacial score (nSPS) is 10.5. The van der Waals surface area contributed by atoms with Crippen molar-refractivity contribution in [1.82, 2.24) is 0 Å². The third-order valence-corrected chi connectivity index (χ3v) is 2.60. The van der Waals surface area contributed by atoms with Gasteiger partial charge in [-0.1, -0.05) is 39.8 Å². The fraction of sp³-hybridized carbons (Fsp3) is 0.462. The smallest absolute Gasteiger partial charge is 0.0774 e. The van der Waals surface area contributed by atoms with Crippen LogP contribution in [0.2, 0.25) is 0 Å². The second-order valence-electron chi connectivity index (χ2n) is 4.33. The first-order valence-corrected chi connectivity index (χ1v) is 5.68. The van der Waals surface area contributed by atoms with Gasteiger partial charge in [-0.2, -0.15) is 4.99 Å². The van der Waals surface area contributed by atoms with Gasteiger partial charge in [0.25, 0.3) is 0 Å². The van der Waals surface area contributed by atoms with Gasteiger partial charge in [-0.3, -0.25) is 0 Å². The van der Waals surface area contributed by atoms with Crippen LogP contribution in [0.1, 0.15) is 50.7 Å². The van der Waals surface area contributed by atoms with Gasteiger partial charge in [-0.15, -0.1) is 0 Å². The summed E-state index contributed by atoms with van der Waals surface area (Å²) >= 11 is 4.65. The molecule has 0 N–H and O–H groups in total. The summed E-state index contributed by atoms with van der Waals surface area (Å²) in [6.45, 7) is 8.73. The van der Waals surface area contributed by atoms with Gasteiger partial charge in [0.1, 0.15) is 0 Å². The molecule has 0 aliphatic rings. The standard InChI is InChI=1S/C13H17NS/c1-9(2)11-5-6-13(14-8-15)12(7-11)10(3)4/h5-7,9-10H,1-4H3. The molecule has 2 heteroatoms. The Kier molecular flexibility index (Phi) is 4.19. The van der Waals surface area contributed by atoms with E-state index in [0.29, 0.717) is 11.8 Å². The average molecular weight is 219 g/mol. The second-order valence-corrected chi connectivity index (χ2v) is 4.51. The Morgan fingerprint density at radius 2 is 1.80 bits per heavy atom. The van der Waals surface area contributed by atoms with Crippen molar-refractivity contribution in [1.29, 1.82) is 0 Å². The van der Waals surface area contributed by atoms with Gasteiger partial charge >= 0.3 is 0 Å². The molecule has 1 nitrogen and oxygen atoms in total. The maximum atomic E-state index is 4.65. The van der Waals surface area contributed by atoms with Crippen LogP contribution in [0.25, 0.3) is 0 Å². The summed E-state index contributed by atoms with van der Waals surface area (Å²) in [5, 5.41) is 2.44. The van der Waals surface area contributed by atoms with Crippen molar-refractivity contribution in [2.75, 3.05) is 0 Å². The lowest BCUT2D eigenvalue weighted by atomic mass is 9.94. The number of aliphatic imine (C=N–C) groups is 1. The number of nitrogens with zero attached hydrogens (tertiary/aromatic N) is 1. The van der Waals surface area contributed by atoms with Gasteiger partial charge in [0.15, 0.2) is 0 Å². The summed E-state index contributed by atoms with van der Waals surface area (Å²) in [6.07, 6.45) is 0. The molecule has 1 aromatic carbocycles. The van der Waals surface area contributed by atoms with Crippen molar-refractivity contribution in [3.63, 3.8) is 0 Å². The van der Waals surface area contributed by atoms with E-state index in [2.05, 4.69) is 62.2 Å². The molecule has 0 amide bonds. The van der Waals surface area contributed by atoms with Crippen molar-refractivity contribution < 1.29 is 0 Å². The summed E-state index contributed by atoms with van der Waals surface area (Å²) in [7, 11) is 0. The van der Waals surface area contributed by atoms with E-state index in [1.807, 2.05) is 6.07 Å². The molecule has 15 heavy (non-hydrogen) atoms. The lowest BCUT2D eigenvalue weighted by Crippen LogP contribution is -1.93. The van der Waals surface area contributed by atoms with Crippen LogP contribution < -0.4 is 0 Å². The summed E-state index contributed by atoms with van der Waals surface area (Å²) < 4.78 is 0. The predicted octanol–water partition coefficient (Wildman–Crippen LogP) is 4.67. The lowest BCUT2D eigenvalue weighted by Gasteiger charge is -2.12. The highest BCUT2D eigenvalue weighted by molar-refractivity contribution is 7.78. The highest BCUT2D eigenvalue weighted by Crippen LogP contribution is 2.29. The van der Waals surface area contributed by atoms with E-state index in [0.717, 1.165) is 5.69 Å². The maximum absolute atomic E-state index is 4.65. The van der Waals surface area contributed by atoms with Crippen LogP contribution in [-0.4, -0.2) is 5.16 Å². The largest absolute Gasteiger partial charge is 0.194 e.